The van der Waals surface area contributed by atoms with Gasteiger partial charge in [0.15, 0.2) is 57.6 Å². The van der Waals surface area contributed by atoms with Crippen LogP contribution in [0.25, 0.3) is 11.0 Å². The van der Waals surface area contributed by atoms with Gasteiger partial charge in [0.2, 0.25) is 35.1 Å². The van der Waals surface area contributed by atoms with Gasteiger partial charge in [-0.15, -0.1) is 0 Å². The summed E-state index contributed by atoms with van der Waals surface area (Å²) in [4.78, 5) is 121. The van der Waals surface area contributed by atoms with Crippen LogP contribution in [0.2, 0.25) is 0 Å². The van der Waals surface area contributed by atoms with Gasteiger partial charge in [0.25, 0.3) is 5.91 Å². The van der Waals surface area contributed by atoms with Crippen LogP contribution < -0.4 is 25.4 Å². The fourth-order valence-electron chi connectivity index (χ4n) is 9.02. The van der Waals surface area contributed by atoms with Crippen molar-refractivity contribution in [1.82, 2.24) is 25.6 Å². The Morgan fingerprint density at radius 2 is 1.29 bits per heavy atom. The molecule has 1 saturated carbocycles. The molecule has 3 heterocycles. The molecule has 0 radical (unpaired) electrons. The number of fused-ring (bicyclic) bond motifs is 1. The molecule has 22 nitrogen and oxygen atoms in total. The van der Waals surface area contributed by atoms with Crippen LogP contribution in [0.4, 0.5) is 40.8 Å². The number of carbonyl (C=O) groups excluding carboxylic acids is 7. The molecule has 3 aliphatic rings. The van der Waals surface area contributed by atoms with Crippen molar-refractivity contribution in [3.05, 3.63) is 118 Å². The van der Waals surface area contributed by atoms with Crippen molar-refractivity contribution in [1.29, 1.82) is 0 Å². The smallest absolute Gasteiger partial charge is 0.313 e. The number of aromatic nitrogens is 1. The fraction of sp³-hybridized carbons (Fsp3) is 0.346. The Bertz CT molecular complexity index is 3370. The Hall–Kier alpha value is -9.06. The molecule has 2 aliphatic heterocycles. The zero-order valence-electron chi connectivity index (χ0n) is 42.2. The number of Topliss-reactive ketones (excluding diaryl/α,β-unsaturated/α-hetero) is 2. The van der Waals surface area contributed by atoms with Gasteiger partial charge in [0.1, 0.15) is 24.8 Å². The highest BCUT2D eigenvalue weighted by molar-refractivity contribution is 6.39. The molecule has 30 heteroatoms. The number of carboxylic acid groups (broad SMARTS) is 2. The lowest BCUT2D eigenvalue weighted by molar-refractivity contribution is -0.144. The van der Waals surface area contributed by atoms with Crippen molar-refractivity contribution in [3.8, 4) is 11.5 Å². The van der Waals surface area contributed by atoms with Crippen LogP contribution in [0, 0.1) is 64.3 Å². The minimum atomic E-state index is -2.18. The monoisotopic (exact) mass is 1160 g/mol. The summed E-state index contributed by atoms with van der Waals surface area (Å²) >= 11 is 0. The number of aliphatic carboxylic acids is 2. The molecule has 434 valence electrons. The first kappa shape index (κ1) is 59.1. The van der Waals surface area contributed by atoms with E-state index < -0.39 is 173 Å². The largest absolute Gasteiger partial charge is 0.481 e. The van der Waals surface area contributed by atoms with Crippen molar-refractivity contribution in [3.63, 3.8) is 0 Å². The molecule has 4 aromatic carbocycles. The van der Waals surface area contributed by atoms with E-state index in [4.69, 9.17) is 18.7 Å². The molecule has 5 aromatic rings. The molecule has 1 aliphatic carbocycles. The Morgan fingerprint density at radius 1 is 0.720 bits per heavy atom. The molecule has 5 atom stereocenters. The third-order valence-corrected chi connectivity index (χ3v) is 13.5. The van der Waals surface area contributed by atoms with Crippen LogP contribution >= 0.6 is 0 Å². The second-order valence-corrected chi connectivity index (χ2v) is 19.0. The number of rotatable bonds is 19. The first-order valence-corrected chi connectivity index (χ1v) is 24.5. The van der Waals surface area contributed by atoms with E-state index in [1.807, 2.05) is 0 Å². The fourth-order valence-corrected chi connectivity index (χ4v) is 9.02. The lowest BCUT2D eigenvalue weighted by atomic mass is 10.0. The highest BCUT2D eigenvalue weighted by Gasteiger charge is 2.65. The predicted octanol–water partition coefficient (Wildman–Crippen LogP) is 3.25. The molecule has 5 amide bonds. The molecule has 3 fully saturated rings. The van der Waals surface area contributed by atoms with Gasteiger partial charge >= 0.3 is 23.8 Å². The third kappa shape index (κ3) is 12.9. The molecule has 1 aromatic heterocycles. The summed E-state index contributed by atoms with van der Waals surface area (Å²) in [5.41, 5.74) is -1.13. The Labute approximate surface area is 455 Å². The molecule has 82 heavy (non-hydrogen) atoms. The standard InChI is InChI=1S/C52H44F8N6O16/c53-29-13-30(54)40(58)44(39(29)57)80-21-35(67)34(15-38(69)70)62-46(71)25-17-66(8-10-78-19-25)50(75)48(73)61-33-4-2-1-3-24(33)11-23-5-6-36-27(12-23)43(64-82-36)49(74)65-7-9-79-20-26(18-65)47(72)63-52(16-28(52)51(76)77)37(68)22-81-45-41(59)31(55)14-32(56)42(45)60/h1-6,12-14,25-26,28,34H,7-11,15-22H2,(H,61,73)(H,62,71)(H,63,72)(H,69,70)(H,76,77)/t25-,26-,28?,34-,52?/m0/s1. The van der Waals surface area contributed by atoms with Crippen molar-refractivity contribution in [2.45, 2.75) is 30.8 Å². The summed E-state index contributed by atoms with van der Waals surface area (Å²) < 4.78 is 138. The van der Waals surface area contributed by atoms with E-state index in [1.165, 1.54) is 17.0 Å². The Kier molecular flexibility index (Phi) is 17.8. The number of carbonyl (C=O) groups is 9. The highest BCUT2D eigenvalue weighted by atomic mass is 19.2. The third-order valence-electron chi connectivity index (χ3n) is 13.5. The zero-order chi connectivity index (χ0) is 59.3. The van der Waals surface area contributed by atoms with E-state index in [-0.39, 0.29) is 87.0 Å². The zero-order valence-corrected chi connectivity index (χ0v) is 42.2. The van der Waals surface area contributed by atoms with E-state index in [9.17, 15) is 88.5 Å². The number of nitrogens with zero attached hydrogens (tertiary/aromatic N) is 3. The second-order valence-electron chi connectivity index (χ2n) is 19.0. The SMILES string of the molecule is O=C(O)C[C@H](NC(=O)[C@@H]1COCCN(C(=O)C(=O)Nc2ccccc2Cc2ccc3onc(C(=O)N4CCOC[C@@H](C(=O)NC5(C(=O)COc6c(F)c(F)cc(F)c6F)CC5C(=O)O)C4)c3c2)C1)C(=O)COc1c(F)c(F)cc(F)c1F. The van der Waals surface area contributed by atoms with Crippen LogP contribution in [0.5, 0.6) is 11.5 Å². The summed E-state index contributed by atoms with van der Waals surface area (Å²) in [6.07, 6.45) is -1.53. The van der Waals surface area contributed by atoms with Crippen LogP contribution in [0.3, 0.4) is 0 Å². The number of ether oxygens (including phenoxy) is 4. The molecule has 8 rings (SSSR count). The highest BCUT2D eigenvalue weighted by Crippen LogP contribution is 2.45. The van der Waals surface area contributed by atoms with Crippen molar-refractivity contribution in [2.24, 2.45) is 17.8 Å². The van der Waals surface area contributed by atoms with E-state index in [0.29, 0.717) is 11.1 Å². The maximum atomic E-state index is 14.3. The Morgan fingerprint density at radius 3 is 1.89 bits per heavy atom. The van der Waals surface area contributed by atoms with Gasteiger partial charge in [-0.3, -0.25) is 43.2 Å². The first-order chi connectivity index (χ1) is 39.0. The molecule has 0 spiro atoms. The number of anilines is 1. The van der Waals surface area contributed by atoms with Crippen molar-refractivity contribution in [2.75, 3.05) is 71.1 Å². The van der Waals surface area contributed by atoms with Crippen LogP contribution in [0.1, 0.15) is 34.5 Å². The number of benzene rings is 4. The summed E-state index contributed by atoms with van der Waals surface area (Å²) in [6.45, 7) is -4.83. The predicted molar refractivity (Wildman–Crippen MR) is 257 cm³/mol. The van der Waals surface area contributed by atoms with Crippen LogP contribution in [-0.2, 0) is 54.3 Å². The van der Waals surface area contributed by atoms with Gasteiger partial charge in [-0.2, -0.15) is 17.6 Å². The normalized spacial score (nSPS) is 19.2. The summed E-state index contributed by atoms with van der Waals surface area (Å²) in [5, 5.41) is 30.4. The molecular formula is C52H44F8N6O16. The van der Waals surface area contributed by atoms with E-state index >= 15 is 0 Å². The molecule has 2 unspecified atom stereocenters. The van der Waals surface area contributed by atoms with Gasteiger partial charge in [-0.25, -0.2) is 17.6 Å². The van der Waals surface area contributed by atoms with E-state index in [1.54, 1.807) is 30.3 Å². The summed E-state index contributed by atoms with van der Waals surface area (Å²) in [7, 11) is 0. The number of halogens is 8. The lowest BCUT2D eigenvalue weighted by Gasteiger charge is -2.25. The molecule has 0 bridgehead atoms. The van der Waals surface area contributed by atoms with E-state index in [2.05, 4.69) is 25.8 Å². The van der Waals surface area contributed by atoms with Gasteiger partial charge in [-0.05, 0) is 42.2 Å². The van der Waals surface area contributed by atoms with Crippen molar-refractivity contribution >= 4 is 69.7 Å². The van der Waals surface area contributed by atoms with Gasteiger partial charge in [0.05, 0.1) is 56.0 Å². The number of nitrogens with one attached hydrogen (secondary N) is 3. The number of hydrogen-bond acceptors (Lipinski definition) is 15. The van der Waals surface area contributed by atoms with Crippen LogP contribution in [-0.4, -0.2) is 156 Å². The number of ketones is 2. The summed E-state index contributed by atoms with van der Waals surface area (Å²) in [5.74, 6) is -33.3. The number of hydrogen-bond donors (Lipinski definition) is 5. The van der Waals surface area contributed by atoms with Gasteiger partial charge < -0.3 is 59.4 Å². The minimum absolute atomic E-state index is 0.0507. The Balaban J connectivity index is 0.897. The first-order valence-electron chi connectivity index (χ1n) is 24.5. The number of amides is 5. The van der Waals surface area contributed by atoms with E-state index in [0.717, 1.165) is 4.90 Å². The maximum absolute atomic E-state index is 14.3. The van der Waals surface area contributed by atoms with Crippen molar-refractivity contribution < 1.29 is 112 Å². The topological polar surface area (TPSA) is 300 Å². The quantitative estimate of drug-likeness (QED) is 0.0450. The number of para-hydroxylation sites is 1. The van der Waals surface area contributed by atoms with Gasteiger partial charge in [0, 0.05) is 44.0 Å². The van der Waals surface area contributed by atoms with Gasteiger partial charge in [-0.1, -0.05) is 29.4 Å². The molecule has 2 saturated heterocycles. The number of carboxylic acids is 2. The maximum Gasteiger partial charge on any atom is 0.313 e. The van der Waals surface area contributed by atoms with Crippen LogP contribution in [0.15, 0.2) is 59.1 Å². The lowest BCUT2D eigenvalue weighted by Crippen LogP contribution is -2.52. The molecule has 5 N–H and O–H groups in total. The summed E-state index contributed by atoms with van der Waals surface area (Å²) in [6, 6.07) is 8.84. The average molecular weight is 1160 g/mol. The molecular weight excluding hydrogens is 1120 g/mol. The average Bonchev–Trinajstić information content (AvgIpc) is 3.04. The minimum Gasteiger partial charge on any atom is -0.481 e. The second kappa shape index (κ2) is 24.8.